The van der Waals surface area contributed by atoms with Crippen molar-refractivity contribution in [3.05, 3.63) is 24.0 Å². The Labute approximate surface area is 93.1 Å². The minimum Gasteiger partial charge on any atom is -0.351 e. The number of aromatic nitrogens is 2. The second kappa shape index (κ2) is 3.84. The number of primary amides is 1. The van der Waals surface area contributed by atoms with E-state index in [0.717, 1.165) is 16.9 Å². The SMILES string of the molecule is CC(C)c1nc2ccc(NC(N)=O)cc2[nH]1. The summed E-state index contributed by atoms with van der Waals surface area (Å²) in [6, 6.07) is 4.88. The van der Waals surface area contributed by atoms with Crippen LogP contribution in [0.25, 0.3) is 11.0 Å². The monoisotopic (exact) mass is 218 g/mol. The van der Waals surface area contributed by atoms with Gasteiger partial charge >= 0.3 is 6.03 Å². The Morgan fingerprint density at radius 1 is 1.50 bits per heavy atom. The van der Waals surface area contributed by atoms with Gasteiger partial charge < -0.3 is 16.0 Å². The fraction of sp³-hybridized carbons (Fsp3) is 0.273. The third-order valence-electron chi connectivity index (χ3n) is 2.31. The molecule has 5 nitrogen and oxygen atoms in total. The molecule has 0 fully saturated rings. The molecular formula is C11H14N4O. The van der Waals surface area contributed by atoms with Crippen molar-refractivity contribution in [3.63, 3.8) is 0 Å². The Bertz CT molecular complexity index is 530. The molecule has 0 spiro atoms. The number of carbonyl (C=O) groups excluding carboxylic acids is 1. The van der Waals surface area contributed by atoms with Crippen LogP contribution in [-0.2, 0) is 0 Å². The van der Waals surface area contributed by atoms with Crippen LogP contribution in [0.1, 0.15) is 25.6 Å². The van der Waals surface area contributed by atoms with E-state index in [4.69, 9.17) is 5.73 Å². The van der Waals surface area contributed by atoms with Crippen molar-refractivity contribution in [3.8, 4) is 0 Å². The van der Waals surface area contributed by atoms with Crippen LogP contribution in [0.15, 0.2) is 18.2 Å². The fourth-order valence-corrected chi connectivity index (χ4v) is 1.52. The third-order valence-corrected chi connectivity index (χ3v) is 2.31. The quantitative estimate of drug-likeness (QED) is 0.721. The highest BCUT2D eigenvalue weighted by atomic mass is 16.2. The van der Waals surface area contributed by atoms with Gasteiger partial charge in [0.25, 0.3) is 0 Å². The van der Waals surface area contributed by atoms with Gasteiger partial charge in [-0.15, -0.1) is 0 Å². The molecule has 0 aliphatic carbocycles. The second-order valence-corrected chi connectivity index (χ2v) is 4.00. The first kappa shape index (κ1) is 10.5. The van der Waals surface area contributed by atoms with Gasteiger partial charge in [-0.05, 0) is 18.2 Å². The molecule has 84 valence electrons. The van der Waals surface area contributed by atoms with Gasteiger partial charge in [0.15, 0.2) is 0 Å². The van der Waals surface area contributed by atoms with Gasteiger partial charge in [0, 0.05) is 11.6 Å². The molecule has 2 rings (SSSR count). The number of anilines is 1. The van der Waals surface area contributed by atoms with E-state index in [-0.39, 0.29) is 0 Å². The minimum absolute atomic E-state index is 0.347. The first-order valence-electron chi connectivity index (χ1n) is 5.12. The molecule has 1 heterocycles. The lowest BCUT2D eigenvalue weighted by molar-refractivity contribution is 0.259. The molecule has 0 saturated heterocycles. The molecule has 0 saturated carbocycles. The molecular weight excluding hydrogens is 204 g/mol. The number of H-pyrrole nitrogens is 1. The molecule has 1 aromatic heterocycles. The van der Waals surface area contributed by atoms with Gasteiger partial charge in [-0.25, -0.2) is 9.78 Å². The van der Waals surface area contributed by atoms with E-state index in [9.17, 15) is 4.79 Å². The number of aromatic amines is 1. The van der Waals surface area contributed by atoms with E-state index >= 15 is 0 Å². The summed E-state index contributed by atoms with van der Waals surface area (Å²) >= 11 is 0. The first-order valence-corrected chi connectivity index (χ1v) is 5.12. The number of hydrogen-bond donors (Lipinski definition) is 3. The average molecular weight is 218 g/mol. The summed E-state index contributed by atoms with van der Waals surface area (Å²) < 4.78 is 0. The summed E-state index contributed by atoms with van der Waals surface area (Å²) in [6.07, 6.45) is 0. The largest absolute Gasteiger partial charge is 0.351 e. The maximum absolute atomic E-state index is 10.7. The lowest BCUT2D eigenvalue weighted by Gasteiger charge is -1.99. The molecule has 2 aromatic rings. The van der Waals surface area contributed by atoms with Crippen molar-refractivity contribution in [1.29, 1.82) is 0 Å². The number of imidazole rings is 1. The third kappa shape index (κ3) is 1.98. The molecule has 0 radical (unpaired) electrons. The van der Waals surface area contributed by atoms with E-state index in [1.165, 1.54) is 0 Å². The molecule has 16 heavy (non-hydrogen) atoms. The molecule has 2 amide bonds. The van der Waals surface area contributed by atoms with Crippen molar-refractivity contribution >= 4 is 22.8 Å². The van der Waals surface area contributed by atoms with E-state index in [2.05, 4.69) is 29.1 Å². The summed E-state index contributed by atoms with van der Waals surface area (Å²) in [5, 5.41) is 2.53. The van der Waals surface area contributed by atoms with Gasteiger partial charge in [0.1, 0.15) is 5.82 Å². The van der Waals surface area contributed by atoms with E-state index in [1.807, 2.05) is 12.1 Å². The lowest BCUT2D eigenvalue weighted by atomic mass is 10.2. The van der Waals surface area contributed by atoms with Crippen LogP contribution in [0, 0.1) is 0 Å². The van der Waals surface area contributed by atoms with Crippen LogP contribution in [-0.4, -0.2) is 16.0 Å². The standard InChI is InChI=1S/C11H14N4O/c1-6(2)10-14-8-4-3-7(13-11(12)16)5-9(8)15-10/h3-6H,1-2H3,(H,14,15)(H3,12,13,16). The Morgan fingerprint density at radius 2 is 2.25 bits per heavy atom. The van der Waals surface area contributed by atoms with Crippen molar-refractivity contribution in [2.45, 2.75) is 19.8 Å². The molecule has 0 aliphatic heterocycles. The second-order valence-electron chi connectivity index (χ2n) is 4.00. The van der Waals surface area contributed by atoms with Crippen LogP contribution in [0.2, 0.25) is 0 Å². The number of benzene rings is 1. The predicted octanol–water partition coefficient (Wildman–Crippen LogP) is 2.18. The Balaban J connectivity index is 2.41. The number of fused-ring (bicyclic) bond motifs is 1. The van der Waals surface area contributed by atoms with Crippen molar-refractivity contribution in [2.24, 2.45) is 5.73 Å². The number of hydrogen-bond acceptors (Lipinski definition) is 2. The molecule has 0 bridgehead atoms. The fourth-order valence-electron chi connectivity index (χ4n) is 1.52. The van der Waals surface area contributed by atoms with Crippen LogP contribution < -0.4 is 11.1 Å². The van der Waals surface area contributed by atoms with Crippen molar-refractivity contribution in [2.75, 3.05) is 5.32 Å². The highest BCUT2D eigenvalue weighted by molar-refractivity contribution is 5.90. The van der Waals surface area contributed by atoms with Gasteiger partial charge in [-0.2, -0.15) is 0 Å². The van der Waals surface area contributed by atoms with Crippen molar-refractivity contribution in [1.82, 2.24) is 9.97 Å². The number of urea groups is 1. The van der Waals surface area contributed by atoms with Gasteiger partial charge in [0.05, 0.1) is 11.0 Å². The summed E-state index contributed by atoms with van der Waals surface area (Å²) in [5.74, 6) is 1.28. The number of nitrogens with two attached hydrogens (primary N) is 1. The minimum atomic E-state index is -0.567. The maximum atomic E-state index is 10.7. The lowest BCUT2D eigenvalue weighted by Crippen LogP contribution is -2.19. The molecule has 5 heteroatoms. The zero-order chi connectivity index (χ0) is 11.7. The van der Waals surface area contributed by atoms with Crippen LogP contribution in [0.3, 0.4) is 0 Å². The van der Waals surface area contributed by atoms with E-state index in [1.54, 1.807) is 6.07 Å². The molecule has 0 unspecified atom stereocenters. The molecule has 4 N–H and O–H groups in total. The number of amides is 2. The van der Waals surface area contributed by atoms with Gasteiger partial charge in [-0.1, -0.05) is 13.8 Å². The van der Waals surface area contributed by atoms with Gasteiger partial charge in [0.2, 0.25) is 0 Å². The summed E-state index contributed by atoms with van der Waals surface area (Å²) in [5.41, 5.74) is 7.50. The Kier molecular flexibility index (Phi) is 2.52. The maximum Gasteiger partial charge on any atom is 0.316 e. The number of nitrogens with one attached hydrogen (secondary N) is 2. The molecule has 0 atom stereocenters. The van der Waals surface area contributed by atoms with Crippen LogP contribution in [0.4, 0.5) is 10.5 Å². The van der Waals surface area contributed by atoms with Crippen molar-refractivity contribution < 1.29 is 4.79 Å². The average Bonchev–Trinajstić information content (AvgIpc) is 2.59. The normalized spacial score (nSPS) is 10.9. The predicted molar refractivity (Wildman–Crippen MR) is 63.4 cm³/mol. The smallest absolute Gasteiger partial charge is 0.316 e. The number of carbonyl (C=O) groups is 1. The molecule has 0 aliphatic rings. The highest BCUT2D eigenvalue weighted by Gasteiger charge is 2.07. The summed E-state index contributed by atoms with van der Waals surface area (Å²) in [6.45, 7) is 4.14. The number of nitrogens with zero attached hydrogens (tertiary/aromatic N) is 1. The summed E-state index contributed by atoms with van der Waals surface area (Å²) in [4.78, 5) is 18.3. The Hall–Kier alpha value is -2.04. The van der Waals surface area contributed by atoms with Gasteiger partial charge in [-0.3, -0.25) is 0 Å². The first-order chi connectivity index (χ1) is 7.56. The summed E-state index contributed by atoms with van der Waals surface area (Å²) in [7, 11) is 0. The van der Waals surface area contributed by atoms with Crippen LogP contribution in [0.5, 0.6) is 0 Å². The molecule has 1 aromatic carbocycles. The highest BCUT2D eigenvalue weighted by Crippen LogP contribution is 2.20. The van der Waals surface area contributed by atoms with E-state index in [0.29, 0.717) is 11.6 Å². The topological polar surface area (TPSA) is 83.8 Å². The zero-order valence-electron chi connectivity index (χ0n) is 9.24. The van der Waals surface area contributed by atoms with E-state index < -0.39 is 6.03 Å². The zero-order valence-corrected chi connectivity index (χ0v) is 9.24. The Morgan fingerprint density at radius 3 is 2.88 bits per heavy atom. The van der Waals surface area contributed by atoms with Crippen LogP contribution >= 0.6 is 0 Å². The number of rotatable bonds is 2.